The molecule has 19 heavy (non-hydrogen) atoms. The summed E-state index contributed by atoms with van der Waals surface area (Å²) in [5.74, 6) is 0.0953. The molecule has 2 rings (SSSR count). The number of hydrogen-bond acceptors (Lipinski definition) is 4. The van der Waals surface area contributed by atoms with Crippen molar-refractivity contribution in [2.24, 2.45) is 4.99 Å². The Balaban J connectivity index is 2.04. The zero-order valence-electron chi connectivity index (χ0n) is 9.79. The van der Waals surface area contributed by atoms with Gasteiger partial charge in [-0.15, -0.1) is 0 Å². The smallest absolute Gasteiger partial charge is 0.221 e. The van der Waals surface area contributed by atoms with Crippen molar-refractivity contribution in [1.29, 1.82) is 0 Å². The van der Waals surface area contributed by atoms with Crippen LogP contribution in [-0.2, 0) is 4.79 Å². The molecule has 0 unspecified atom stereocenters. The highest BCUT2D eigenvalue weighted by Gasteiger charge is 2.00. The standard InChI is InChI=1S/C13H10FN3O2/c14-12-2-1-3-13(17-12)19-11-6-4-10(5-7-11)16-8-15-9-18/h1-9H,(H,15,16,18). The van der Waals surface area contributed by atoms with Crippen molar-refractivity contribution < 1.29 is 13.9 Å². The third-order valence-corrected chi connectivity index (χ3v) is 2.10. The van der Waals surface area contributed by atoms with Gasteiger partial charge in [-0.25, -0.2) is 4.99 Å². The first kappa shape index (κ1) is 12.7. The molecular weight excluding hydrogens is 249 g/mol. The van der Waals surface area contributed by atoms with Crippen molar-refractivity contribution in [3.63, 3.8) is 0 Å². The van der Waals surface area contributed by atoms with Crippen LogP contribution < -0.4 is 10.1 Å². The monoisotopic (exact) mass is 259 g/mol. The molecule has 0 fully saturated rings. The number of benzene rings is 1. The number of amides is 1. The van der Waals surface area contributed by atoms with Crippen LogP contribution in [0.3, 0.4) is 0 Å². The van der Waals surface area contributed by atoms with E-state index in [1.807, 2.05) is 0 Å². The molecule has 0 saturated carbocycles. The second-order valence-corrected chi connectivity index (χ2v) is 3.44. The normalized spacial score (nSPS) is 10.4. The molecule has 0 aliphatic carbocycles. The van der Waals surface area contributed by atoms with Gasteiger partial charge in [-0.3, -0.25) is 4.79 Å². The molecule has 0 aliphatic heterocycles. The molecule has 1 aromatic carbocycles. The second-order valence-electron chi connectivity index (χ2n) is 3.44. The molecule has 96 valence electrons. The fourth-order valence-electron chi connectivity index (χ4n) is 1.31. The van der Waals surface area contributed by atoms with Gasteiger partial charge in [0, 0.05) is 6.07 Å². The van der Waals surface area contributed by atoms with E-state index >= 15 is 0 Å². The Morgan fingerprint density at radius 1 is 1.21 bits per heavy atom. The minimum absolute atomic E-state index is 0.180. The third kappa shape index (κ3) is 3.88. The van der Waals surface area contributed by atoms with Crippen molar-refractivity contribution in [1.82, 2.24) is 10.3 Å². The average Bonchev–Trinajstić information content (AvgIpc) is 2.41. The summed E-state index contributed by atoms with van der Waals surface area (Å²) < 4.78 is 18.2. The Kier molecular flexibility index (Phi) is 4.17. The van der Waals surface area contributed by atoms with E-state index in [9.17, 15) is 9.18 Å². The second kappa shape index (κ2) is 6.25. The summed E-state index contributed by atoms with van der Waals surface area (Å²) in [5, 5.41) is 2.30. The van der Waals surface area contributed by atoms with Crippen LogP contribution in [0.25, 0.3) is 0 Å². The highest BCUT2D eigenvalue weighted by atomic mass is 19.1. The largest absolute Gasteiger partial charge is 0.439 e. The highest BCUT2D eigenvalue weighted by Crippen LogP contribution is 2.22. The van der Waals surface area contributed by atoms with Gasteiger partial charge in [-0.1, -0.05) is 6.07 Å². The molecule has 5 nitrogen and oxygen atoms in total. The first-order chi connectivity index (χ1) is 9.28. The molecule has 6 heteroatoms. The van der Waals surface area contributed by atoms with Crippen LogP contribution in [0.15, 0.2) is 47.5 Å². The van der Waals surface area contributed by atoms with Crippen molar-refractivity contribution in [2.75, 3.05) is 0 Å². The van der Waals surface area contributed by atoms with Crippen LogP contribution in [-0.4, -0.2) is 17.7 Å². The lowest BCUT2D eigenvalue weighted by Crippen LogP contribution is -2.05. The average molecular weight is 259 g/mol. The van der Waals surface area contributed by atoms with Crippen LogP contribution in [0, 0.1) is 5.95 Å². The number of nitrogens with one attached hydrogen (secondary N) is 1. The Morgan fingerprint density at radius 2 is 2.00 bits per heavy atom. The molecule has 1 N–H and O–H groups in total. The first-order valence-electron chi connectivity index (χ1n) is 5.40. The minimum atomic E-state index is -0.598. The first-order valence-corrected chi connectivity index (χ1v) is 5.40. The fourth-order valence-corrected chi connectivity index (χ4v) is 1.31. The molecule has 2 aromatic rings. The van der Waals surface area contributed by atoms with E-state index in [1.54, 1.807) is 30.3 Å². The van der Waals surface area contributed by atoms with E-state index in [2.05, 4.69) is 15.3 Å². The van der Waals surface area contributed by atoms with Gasteiger partial charge in [0.05, 0.1) is 12.0 Å². The Bertz CT molecular complexity index is 585. The SMILES string of the molecule is O=CNC=Nc1ccc(Oc2cccc(F)n2)cc1. The van der Waals surface area contributed by atoms with Gasteiger partial charge in [0.1, 0.15) is 5.75 Å². The summed E-state index contributed by atoms with van der Waals surface area (Å²) in [6.07, 6.45) is 1.80. The number of rotatable bonds is 5. The van der Waals surface area contributed by atoms with Crippen molar-refractivity contribution in [3.05, 3.63) is 48.4 Å². The molecular formula is C13H10FN3O2. The number of carbonyl (C=O) groups is 1. The lowest BCUT2D eigenvalue weighted by atomic mass is 10.3. The summed E-state index contributed by atoms with van der Waals surface area (Å²) in [5.41, 5.74) is 0.647. The molecule has 0 spiro atoms. The number of carbonyl (C=O) groups excluding carboxylic acids is 1. The number of hydrogen-bond donors (Lipinski definition) is 1. The zero-order valence-corrected chi connectivity index (χ0v) is 9.79. The molecule has 1 heterocycles. The van der Waals surface area contributed by atoms with Crippen molar-refractivity contribution >= 4 is 18.4 Å². The number of halogens is 1. The molecule has 0 radical (unpaired) electrons. The summed E-state index contributed by atoms with van der Waals surface area (Å²) in [4.78, 5) is 17.6. The topological polar surface area (TPSA) is 63.6 Å². The fraction of sp³-hybridized carbons (Fsp3) is 0. The number of aliphatic imine (C=N–C) groups is 1. The van der Waals surface area contributed by atoms with E-state index in [1.165, 1.54) is 18.5 Å². The minimum Gasteiger partial charge on any atom is -0.439 e. The molecule has 0 bridgehead atoms. The van der Waals surface area contributed by atoms with Crippen LogP contribution in [0.1, 0.15) is 0 Å². The van der Waals surface area contributed by atoms with Gasteiger partial charge in [0.2, 0.25) is 18.2 Å². The van der Waals surface area contributed by atoms with Crippen LogP contribution in [0.2, 0.25) is 0 Å². The van der Waals surface area contributed by atoms with Crippen LogP contribution in [0.5, 0.6) is 11.6 Å². The predicted molar refractivity (Wildman–Crippen MR) is 68.1 cm³/mol. The maximum atomic E-state index is 12.9. The Hall–Kier alpha value is -2.76. The van der Waals surface area contributed by atoms with E-state index in [-0.39, 0.29) is 5.88 Å². The maximum absolute atomic E-state index is 12.9. The Morgan fingerprint density at radius 3 is 2.68 bits per heavy atom. The van der Waals surface area contributed by atoms with Crippen molar-refractivity contribution in [2.45, 2.75) is 0 Å². The Labute approximate surface area is 108 Å². The van der Waals surface area contributed by atoms with Crippen LogP contribution >= 0.6 is 0 Å². The third-order valence-electron chi connectivity index (χ3n) is 2.10. The van der Waals surface area contributed by atoms with Crippen LogP contribution in [0.4, 0.5) is 10.1 Å². The molecule has 1 amide bonds. The van der Waals surface area contributed by atoms with Crippen molar-refractivity contribution in [3.8, 4) is 11.6 Å². The number of ether oxygens (including phenoxy) is 1. The summed E-state index contributed by atoms with van der Waals surface area (Å²) >= 11 is 0. The summed E-state index contributed by atoms with van der Waals surface area (Å²) in [6, 6.07) is 11.0. The molecule has 0 atom stereocenters. The molecule has 0 saturated heterocycles. The van der Waals surface area contributed by atoms with E-state index < -0.39 is 5.95 Å². The number of pyridine rings is 1. The van der Waals surface area contributed by atoms with E-state index in [0.29, 0.717) is 17.8 Å². The highest BCUT2D eigenvalue weighted by molar-refractivity contribution is 5.73. The zero-order chi connectivity index (χ0) is 13.5. The van der Waals surface area contributed by atoms with Gasteiger partial charge in [0.15, 0.2) is 0 Å². The summed E-state index contributed by atoms with van der Waals surface area (Å²) in [6.45, 7) is 0. The lowest BCUT2D eigenvalue weighted by Gasteiger charge is -2.04. The summed E-state index contributed by atoms with van der Waals surface area (Å²) in [7, 11) is 0. The predicted octanol–water partition coefficient (Wildman–Crippen LogP) is 2.42. The van der Waals surface area contributed by atoms with E-state index in [0.717, 1.165) is 0 Å². The van der Waals surface area contributed by atoms with Gasteiger partial charge >= 0.3 is 0 Å². The van der Waals surface area contributed by atoms with Gasteiger partial charge in [-0.2, -0.15) is 9.37 Å². The van der Waals surface area contributed by atoms with E-state index in [4.69, 9.17) is 4.74 Å². The number of nitrogens with zero attached hydrogens (tertiary/aromatic N) is 2. The lowest BCUT2D eigenvalue weighted by molar-refractivity contribution is -0.108. The quantitative estimate of drug-likeness (QED) is 0.388. The number of aromatic nitrogens is 1. The molecule has 1 aromatic heterocycles. The molecule has 0 aliphatic rings. The maximum Gasteiger partial charge on any atom is 0.221 e. The van der Waals surface area contributed by atoms with Gasteiger partial charge < -0.3 is 10.1 Å². The van der Waals surface area contributed by atoms with Gasteiger partial charge in [-0.05, 0) is 30.3 Å². The van der Waals surface area contributed by atoms with Gasteiger partial charge in [0.25, 0.3) is 0 Å².